The molecule has 1 N–H and O–H groups in total. The molecule has 4 heterocycles. The van der Waals surface area contributed by atoms with E-state index in [9.17, 15) is 18.8 Å². The van der Waals surface area contributed by atoms with Crippen LogP contribution in [0, 0.1) is 17.1 Å². The average molecular weight is 563 g/mol. The highest BCUT2D eigenvalue weighted by molar-refractivity contribution is 6.27. The summed E-state index contributed by atoms with van der Waals surface area (Å²) in [6.07, 6.45) is 6.80. The molecule has 1 aromatic heterocycles. The van der Waals surface area contributed by atoms with Crippen molar-refractivity contribution in [3.63, 3.8) is 0 Å². The number of rotatable bonds is 5. The van der Waals surface area contributed by atoms with Gasteiger partial charge < -0.3 is 4.90 Å². The Morgan fingerprint density at radius 2 is 1.93 bits per heavy atom. The number of hydrogen-bond donors (Lipinski definition) is 1. The molecule has 3 aliphatic heterocycles. The van der Waals surface area contributed by atoms with Crippen LogP contribution in [0.3, 0.4) is 0 Å². The summed E-state index contributed by atoms with van der Waals surface area (Å²) < 4.78 is 16.7. The van der Waals surface area contributed by atoms with Gasteiger partial charge in [0.2, 0.25) is 11.8 Å². The van der Waals surface area contributed by atoms with Crippen LogP contribution in [0.25, 0.3) is 10.8 Å². The summed E-state index contributed by atoms with van der Waals surface area (Å²) in [5.41, 5.74) is 4.11. The molecule has 3 aromatic carbocycles. The van der Waals surface area contributed by atoms with Crippen molar-refractivity contribution in [2.24, 2.45) is 0 Å². The second kappa shape index (κ2) is 10.1. The van der Waals surface area contributed by atoms with Gasteiger partial charge in [0.25, 0.3) is 5.91 Å². The number of nitrogens with zero attached hydrogens (tertiary/aromatic N) is 5. The number of carbonyl (C=O) groups excluding carboxylic acids is 3. The maximum absolute atomic E-state index is 14.7. The van der Waals surface area contributed by atoms with Crippen LogP contribution in [0.15, 0.2) is 60.9 Å². The number of benzene rings is 3. The minimum atomic E-state index is -0.720. The SMILES string of the molecule is N#Cc1ccc(N2CCCC(n3cc(Cc4ccc5c6c(cccc46)C(=O)N5C4CCC(=O)NC4=O)cn3)C2)c(F)c1. The number of imide groups is 1. The zero-order chi connectivity index (χ0) is 29.0. The minimum absolute atomic E-state index is 0.0788. The molecule has 7 rings (SSSR count). The number of anilines is 2. The highest BCUT2D eigenvalue weighted by Gasteiger charge is 2.40. The third-order valence-electron chi connectivity index (χ3n) is 8.58. The van der Waals surface area contributed by atoms with Gasteiger partial charge in [0.1, 0.15) is 11.9 Å². The summed E-state index contributed by atoms with van der Waals surface area (Å²) in [5.74, 6) is -1.38. The normalized spacial score (nSPS) is 20.2. The average Bonchev–Trinajstić information content (AvgIpc) is 3.58. The summed E-state index contributed by atoms with van der Waals surface area (Å²) >= 11 is 0. The van der Waals surface area contributed by atoms with Crippen molar-refractivity contribution in [3.05, 3.63) is 89.0 Å². The minimum Gasteiger partial charge on any atom is -0.367 e. The quantitative estimate of drug-likeness (QED) is 0.364. The van der Waals surface area contributed by atoms with E-state index in [1.165, 1.54) is 11.0 Å². The number of hydrogen-bond acceptors (Lipinski definition) is 6. The predicted octanol–water partition coefficient (Wildman–Crippen LogP) is 4.24. The molecule has 0 saturated carbocycles. The van der Waals surface area contributed by atoms with E-state index in [0.29, 0.717) is 41.9 Å². The Kier molecular flexibility index (Phi) is 6.23. The van der Waals surface area contributed by atoms with Crippen LogP contribution < -0.4 is 15.1 Å². The van der Waals surface area contributed by atoms with Gasteiger partial charge in [0, 0.05) is 43.1 Å². The van der Waals surface area contributed by atoms with Gasteiger partial charge in [-0.05, 0) is 66.1 Å². The summed E-state index contributed by atoms with van der Waals surface area (Å²) in [4.78, 5) is 41.3. The molecule has 2 atom stereocenters. The first-order valence-corrected chi connectivity index (χ1v) is 14.1. The summed E-state index contributed by atoms with van der Waals surface area (Å²) in [6.45, 7) is 1.35. The predicted molar refractivity (Wildman–Crippen MR) is 154 cm³/mol. The van der Waals surface area contributed by atoms with E-state index in [1.807, 2.05) is 52.3 Å². The first-order chi connectivity index (χ1) is 20.4. The van der Waals surface area contributed by atoms with E-state index in [0.717, 1.165) is 41.3 Å². The second-order valence-electron chi connectivity index (χ2n) is 11.1. The molecule has 2 unspecified atom stereocenters. The smallest absolute Gasteiger partial charge is 0.259 e. The Morgan fingerprint density at radius 3 is 2.74 bits per heavy atom. The van der Waals surface area contributed by atoms with E-state index >= 15 is 0 Å². The zero-order valence-electron chi connectivity index (χ0n) is 22.7. The largest absolute Gasteiger partial charge is 0.367 e. The lowest BCUT2D eigenvalue weighted by molar-refractivity contribution is -0.134. The lowest BCUT2D eigenvalue weighted by Gasteiger charge is -2.34. The molecule has 42 heavy (non-hydrogen) atoms. The van der Waals surface area contributed by atoms with Gasteiger partial charge in [-0.2, -0.15) is 10.4 Å². The fourth-order valence-corrected chi connectivity index (χ4v) is 6.57. The Labute approximate surface area is 241 Å². The highest BCUT2D eigenvalue weighted by Crippen LogP contribution is 2.41. The van der Waals surface area contributed by atoms with Crippen LogP contribution in [0.2, 0.25) is 0 Å². The van der Waals surface area contributed by atoms with Gasteiger partial charge in [0.15, 0.2) is 0 Å². The number of amides is 3. The number of nitriles is 1. The fourth-order valence-electron chi connectivity index (χ4n) is 6.57. The molecule has 9 nitrogen and oxygen atoms in total. The number of carbonyl (C=O) groups is 3. The first-order valence-electron chi connectivity index (χ1n) is 14.1. The number of aromatic nitrogens is 2. The third kappa shape index (κ3) is 4.29. The molecule has 3 aliphatic rings. The maximum Gasteiger partial charge on any atom is 0.259 e. The molecule has 2 fully saturated rings. The van der Waals surface area contributed by atoms with Crippen LogP contribution in [0.1, 0.15) is 58.8 Å². The maximum atomic E-state index is 14.7. The molecule has 10 heteroatoms. The van der Waals surface area contributed by atoms with E-state index < -0.39 is 17.8 Å². The van der Waals surface area contributed by atoms with Gasteiger partial charge in [0.05, 0.1) is 35.2 Å². The van der Waals surface area contributed by atoms with Gasteiger partial charge >= 0.3 is 0 Å². The van der Waals surface area contributed by atoms with Gasteiger partial charge in [-0.15, -0.1) is 0 Å². The van der Waals surface area contributed by atoms with Crippen molar-refractivity contribution < 1.29 is 18.8 Å². The monoisotopic (exact) mass is 562 g/mol. The summed E-state index contributed by atoms with van der Waals surface area (Å²) in [5, 5.41) is 17.9. The Bertz CT molecular complexity index is 1820. The Balaban J connectivity index is 1.13. The molecular formula is C32H27FN6O3. The van der Waals surface area contributed by atoms with E-state index in [1.54, 1.807) is 18.2 Å². The summed E-state index contributed by atoms with van der Waals surface area (Å²) in [7, 11) is 0. The molecular weight excluding hydrogens is 535 g/mol. The van der Waals surface area contributed by atoms with Crippen LogP contribution >= 0.6 is 0 Å². The first kappa shape index (κ1) is 25.9. The molecule has 0 radical (unpaired) electrons. The van der Waals surface area contributed by atoms with Crippen LogP contribution in [-0.2, 0) is 16.0 Å². The topological polar surface area (TPSA) is 111 Å². The second-order valence-corrected chi connectivity index (χ2v) is 11.1. The molecule has 4 aromatic rings. The molecule has 3 amide bonds. The van der Waals surface area contributed by atoms with Crippen LogP contribution in [0.5, 0.6) is 0 Å². The number of piperidine rings is 2. The molecule has 210 valence electrons. The van der Waals surface area contributed by atoms with Gasteiger partial charge in [-0.1, -0.05) is 18.2 Å². The standard InChI is InChI=1S/C32H27FN6O3/c33-25-14-19(15-34)6-8-26(25)37-12-2-3-22(18-37)38-17-20(16-35-38)13-21-7-9-27-30-23(21)4-1-5-24(30)32(42)39(27)28-10-11-29(40)36-31(28)41/h1,4-9,14,16-17,22,28H,2-3,10-13,18H2,(H,36,40,41). The lowest BCUT2D eigenvalue weighted by Crippen LogP contribution is -2.53. The van der Waals surface area contributed by atoms with Crippen molar-refractivity contribution in [2.45, 2.75) is 44.2 Å². The fraction of sp³-hybridized carbons (Fsp3) is 0.281. The zero-order valence-corrected chi connectivity index (χ0v) is 22.7. The van der Waals surface area contributed by atoms with Crippen LogP contribution in [0.4, 0.5) is 15.8 Å². The number of nitrogens with one attached hydrogen (secondary N) is 1. The van der Waals surface area contributed by atoms with Crippen molar-refractivity contribution in [3.8, 4) is 6.07 Å². The van der Waals surface area contributed by atoms with Gasteiger partial charge in [-0.25, -0.2) is 4.39 Å². The molecule has 2 saturated heterocycles. The van der Waals surface area contributed by atoms with Crippen LogP contribution in [-0.4, -0.2) is 46.6 Å². The summed E-state index contributed by atoms with van der Waals surface area (Å²) in [6, 6.07) is 15.5. The van der Waals surface area contributed by atoms with E-state index in [4.69, 9.17) is 5.26 Å². The Morgan fingerprint density at radius 1 is 1.07 bits per heavy atom. The van der Waals surface area contributed by atoms with Crippen molar-refractivity contribution >= 4 is 39.9 Å². The Hall–Kier alpha value is -5.04. The van der Waals surface area contributed by atoms with E-state index in [-0.39, 0.29) is 24.3 Å². The van der Waals surface area contributed by atoms with Gasteiger partial charge in [-0.3, -0.25) is 29.3 Å². The molecule has 0 aliphatic carbocycles. The molecule has 0 bridgehead atoms. The van der Waals surface area contributed by atoms with E-state index in [2.05, 4.69) is 10.4 Å². The highest BCUT2D eigenvalue weighted by atomic mass is 19.1. The third-order valence-corrected chi connectivity index (χ3v) is 8.58. The molecule has 0 spiro atoms. The lowest BCUT2D eigenvalue weighted by atomic mass is 9.97. The van der Waals surface area contributed by atoms with Crippen molar-refractivity contribution in [2.75, 3.05) is 22.9 Å². The van der Waals surface area contributed by atoms with Crippen molar-refractivity contribution in [1.82, 2.24) is 15.1 Å². The van der Waals surface area contributed by atoms with Crippen molar-refractivity contribution in [1.29, 1.82) is 5.26 Å². The number of halogens is 1.